The van der Waals surface area contributed by atoms with Crippen molar-refractivity contribution >= 4 is 11.8 Å². The van der Waals surface area contributed by atoms with Crippen LogP contribution < -0.4 is 10.6 Å². The average molecular weight is 299 g/mol. The maximum absolute atomic E-state index is 12.0. The number of nitrogens with zero attached hydrogens (tertiary/aromatic N) is 1. The minimum absolute atomic E-state index is 0.0254. The monoisotopic (exact) mass is 299 g/mol. The van der Waals surface area contributed by atoms with Crippen molar-refractivity contribution in [1.82, 2.24) is 15.5 Å². The topological polar surface area (TPSA) is 61.4 Å². The summed E-state index contributed by atoms with van der Waals surface area (Å²) in [5, 5.41) is 5.91. The van der Waals surface area contributed by atoms with Crippen molar-refractivity contribution in [2.75, 3.05) is 14.1 Å². The molecule has 5 heteroatoms. The Morgan fingerprint density at radius 2 is 1.33 bits per heavy atom. The Labute approximate surface area is 129 Å². The molecule has 0 saturated carbocycles. The number of nitrogens with one attached hydrogen (secondary N) is 2. The zero-order valence-electron chi connectivity index (χ0n) is 15.0. The van der Waals surface area contributed by atoms with Gasteiger partial charge in [-0.2, -0.15) is 0 Å². The van der Waals surface area contributed by atoms with E-state index in [-0.39, 0.29) is 28.9 Å². The Balaban J connectivity index is 4.39. The van der Waals surface area contributed by atoms with Crippen molar-refractivity contribution in [3.63, 3.8) is 0 Å². The molecular formula is C16H33N3O2. The largest absolute Gasteiger partial charge is 0.352 e. The Morgan fingerprint density at radius 3 is 1.71 bits per heavy atom. The maximum atomic E-state index is 12.0. The summed E-state index contributed by atoms with van der Waals surface area (Å²) >= 11 is 0. The van der Waals surface area contributed by atoms with E-state index >= 15 is 0 Å². The second kappa shape index (κ2) is 7.78. The molecule has 0 saturated heterocycles. The predicted octanol–water partition coefficient (Wildman–Crippen LogP) is 1.92. The molecule has 1 atom stereocenters. The van der Waals surface area contributed by atoms with Gasteiger partial charge in [-0.1, -0.05) is 0 Å². The van der Waals surface area contributed by atoms with Crippen LogP contribution in [0, 0.1) is 0 Å². The second-order valence-corrected chi connectivity index (χ2v) is 7.96. The number of carbonyl (C=O) groups is 2. The fraction of sp³-hybridized carbons (Fsp3) is 0.875. The highest BCUT2D eigenvalue weighted by atomic mass is 16.2. The molecule has 0 aliphatic heterocycles. The Morgan fingerprint density at radius 1 is 0.905 bits per heavy atom. The van der Waals surface area contributed by atoms with Crippen LogP contribution in [-0.2, 0) is 9.59 Å². The molecule has 0 heterocycles. The lowest BCUT2D eigenvalue weighted by atomic mass is 10.0. The number of carbonyl (C=O) groups excluding carboxylic acids is 2. The number of amides is 2. The first kappa shape index (κ1) is 19.9. The van der Waals surface area contributed by atoms with Gasteiger partial charge < -0.3 is 15.5 Å². The van der Waals surface area contributed by atoms with Crippen LogP contribution in [0.2, 0.25) is 0 Å². The zero-order valence-corrected chi connectivity index (χ0v) is 15.0. The van der Waals surface area contributed by atoms with Gasteiger partial charge in [-0.05, 0) is 62.1 Å². The molecule has 124 valence electrons. The van der Waals surface area contributed by atoms with Crippen molar-refractivity contribution in [3.8, 4) is 0 Å². The van der Waals surface area contributed by atoms with Gasteiger partial charge in [0, 0.05) is 30.0 Å². The summed E-state index contributed by atoms with van der Waals surface area (Å²) in [6.07, 6.45) is 1.52. The van der Waals surface area contributed by atoms with E-state index in [1.54, 1.807) is 0 Å². The van der Waals surface area contributed by atoms with Crippen LogP contribution in [0.3, 0.4) is 0 Å². The molecule has 0 rings (SSSR count). The lowest BCUT2D eigenvalue weighted by Gasteiger charge is -2.27. The lowest BCUT2D eigenvalue weighted by Crippen LogP contribution is -2.44. The van der Waals surface area contributed by atoms with Crippen molar-refractivity contribution < 1.29 is 9.59 Å². The van der Waals surface area contributed by atoms with E-state index in [2.05, 4.69) is 10.6 Å². The van der Waals surface area contributed by atoms with Crippen LogP contribution in [0.5, 0.6) is 0 Å². The van der Waals surface area contributed by atoms with Gasteiger partial charge in [0.25, 0.3) is 0 Å². The van der Waals surface area contributed by atoms with Crippen LogP contribution in [0.25, 0.3) is 0 Å². The van der Waals surface area contributed by atoms with Crippen molar-refractivity contribution in [2.45, 2.75) is 77.9 Å². The Hall–Kier alpha value is -1.10. The van der Waals surface area contributed by atoms with Crippen LogP contribution in [0.15, 0.2) is 0 Å². The third kappa shape index (κ3) is 11.3. The molecule has 0 aromatic heterocycles. The van der Waals surface area contributed by atoms with Crippen LogP contribution >= 0.6 is 0 Å². The Bertz CT molecular complexity index is 352. The first-order valence-corrected chi connectivity index (χ1v) is 7.58. The fourth-order valence-electron chi connectivity index (χ4n) is 2.00. The van der Waals surface area contributed by atoms with Gasteiger partial charge >= 0.3 is 0 Å². The summed E-state index contributed by atoms with van der Waals surface area (Å²) in [4.78, 5) is 25.9. The second-order valence-electron chi connectivity index (χ2n) is 7.96. The minimum Gasteiger partial charge on any atom is -0.352 e. The molecule has 0 bridgehead atoms. The summed E-state index contributed by atoms with van der Waals surface area (Å²) in [7, 11) is 3.88. The van der Waals surface area contributed by atoms with E-state index in [1.165, 1.54) is 0 Å². The molecule has 0 aromatic carbocycles. The molecule has 2 amide bonds. The molecule has 5 nitrogen and oxygen atoms in total. The molecule has 21 heavy (non-hydrogen) atoms. The number of rotatable bonds is 6. The van der Waals surface area contributed by atoms with E-state index in [1.807, 2.05) is 60.5 Å². The lowest BCUT2D eigenvalue weighted by molar-refractivity contribution is -0.125. The summed E-state index contributed by atoms with van der Waals surface area (Å²) in [6.45, 7) is 11.8. The minimum atomic E-state index is -0.225. The van der Waals surface area contributed by atoms with Gasteiger partial charge in [0.05, 0.1) is 0 Å². The van der Waals surface area contributed by atoms with Crippen molar-refractivity contribution in [3.05, 3.63) is 0 Å². The van der Waals surface area contributed by atoms with Gasteiger partial charge in [-0.3, -0.25) is 9.59 Å². The average Bonchev–Trinajstić information content (AvgIpc) is 2.18. The zero-order chi connectivity index (χ0) is 16.8. The van der Waals surface area contributed by atoms with E-state index in [4.69, 9.17) is 0 Å². The molecule has 0 aliphatic carbocycles. The van der Waals surface area contributed by atoms with E-state index in [0.717, 1.165) is 0 Å². The molecule has 2 N–H and O–H groups in total. The van der Waals surface area contributed by atoms with Gasteiger partial charge in [0.2, 0.25) is 11.8 Å². The van der Waals surface area contributed by atoms with E-state index < -0.39 is 0 Å². The molecule has 1 unspecified atom stereocenters. The standard InChI is InChI=1S/C16H33N3O2/c1-15(2,3)17-13(20)10-9-12(19(7)8)11-14(21)18-16(4,5)6/h12H,9-11H2,1-8H3,(H,17,20)(H,18,21). The van der Waals surface area contributed by atoms with E-state index in [9.17, 15) is 9.59 Å². The van der Waals surface area contributed by atoms with Crippen LogP contribution in [0.1, 0.15) is 60.8 Å². The number of hydrogen-bond acceptors (Lipinski definition) is 3. The fourth-order valence-corrected chi connectivity index (χ4v) is 2.00. The third-order valence-electron chi connectivity index (χ3n) is 2.88. The molecule has 0 radical (unpaired) electrons. The summed E-state index contributed by atoms with van der Waals surface area (Å²) < 4.78 is 0. The smallest absolute Gasteiger partial charge is 0.221 e. The quantitative estimate of drug-likeness (QED) is 0.787. The molecule has 0 aromatic rings. The molecule has 0 aliphatic rings. The van der Waals surface area contributed by atoms with Gasteiger partial charge in [0.1, 0.15) is 0 Å². The first-order valence-electron chi connectivity index (χ1n) is 7.58. The summed E-state index contributed by atoms with van der Waals surface area (Å²) in [6, 6.07) is 0.0677. The SMILES string of the molecule is CN(C)C(CCC(=O)NC(C)(C)C)CC(=O)NC(C)(C)C. The summed E-state index contributed by atoms with van der Waals surface area (Å²) in [5.74, 6) is 0.0583. The highest BCUT2D eigenvalue weighted by molar-refractivity contribution is 5.78. The third-order valence-corrected chi connectivity index (χ3v) is 2.88. The highest BCUT2D eigenvalue weighted by Gasteiger charge is 2.21. The normalized spacial score (nSPS) is 14.0. The van der Waals surface area contributed by atoms with E-state index in [0.29, 0.717) is 19.3 Å². The maximum Gasteiger partial charge on any atom is 0.221 e. The highest BCUT2D eigenvalue weighted by Crippen LogP contribution is 2.11. The molecule has 0 spiro atoms. The van der Waals surface area contributed by atoms with Crippen molar-refractivity contribution in [2.24, 2.45) is 0 Å². The van der Waals surface area contributed by atoms with Crippen LogP contribution in [-0.4, -0.2) is 47.9 Å². The molecule has 0 fully saturated rings. The molecular weight excluding hydrogens is 266 g/mol. The van der Waals surface area contributed by atoms with Gasteiger partial charge in [-0.15, -0.1) is 0 Å². The van der Waals surface area contributed by atoms with Gasteiger partial charge in [0.15, 0.2) is 0 Å². The van der Waals surface area contributed by atoms with Crippen LogP contribution in [0.4, 0.5) is 0 Å². The Kier molecular flexibility index (Phi) is 7.37. The first-order chi connectivity index (χ1) is 9.30. The van der Waals surface area contributed by atoms with Gasteiger partial charge in [-0.25, -0.2) is 0 Å². The predicted molar refractivity (Wildman–Crippen MR) is 87.1 cm³/mol. The van der Waals surface area contributed by atoms with Crippen molar-refractivity contribution in [1.29, 1.82) is 0 Å². The summed E-state index contributed by atoms with van der Waals surface area (Å²) in [5.41, 5.74) is -0.439. The number of hydrogen-bond donors (Lipinski definition) is 2.